The van der Waals surface area contributed by atoms with Crippen LogP contribution in [-0.4, -0.2) is 18.2 Å². The van der Waals surface area contributed by atoms with Gasteiger partial charge in [0.05, 0.1) is 5.60 Å². The van der Waals surface area contributed by atoms with Crippen LogP contribution in [0.2, 0.25) is 5.02 Å². The number of benzene rings is 1. The monoisotopic (exact) mass is 239 g/mol. The first-order chi connectivity index (χ1) is 7.60. The molecule has 1 aromatic rings. The fourth-order valence-electron chi connectivity index (χ4n) is 2.23. The van der Waals surface area contributed by atoms with Crippen molar-refractivity contribution < 1.29 is 4.74 Å². The third-order valence-corrected chi connectivity index (χ3v) is 3.61. The van der Waals surface area contributed by atoms with Gasteiger partial charge in [-0.05, 0) is 43.9 Å². The molecular formula is C13H18ClNO. The lowest BCUT2D eigenvalue weighted by Crippen LogP contribution is -2.46. The maximum atomic E-state index is 6.23. The Bertz CT molecular complexity index is 361. The fraction of sp³-hybridized carbons (Fsp3) is 0.538. The first-order valence-electron chi connectivity index (χ1n) is 5.74. The normalized spacial score (nSPS) is 26.9. The van der Waals surface area contributed by atoms with E-state index < -0.39 is 0 Å². The highest BCUT2D eigenvalue weighted by Gasteiger charge is 2.35. The third-order valence-electron chi connectivity index (χ3n) is 3.38. The average Bonchev–Trinajstić information content (AvgIpc) is 2.66. The van der Waals surface area contributed by atoms with Gasteiger partial charge in [-0.2, -0.15) is 0 Å². The summed E-state index contributed by atoms with van der Waals surface area (Å²) in [5.41, 5.74) is 7.24. The zero-order valence-electron chi connectivity index (χ0n) is 9.58. The van der Waals surface area contributed by atoms with Crippen LogP contribution in [0, 0.1) is 0 Å². The van der Waals surface area contributed by atoms with E-state index in [0.29, 0.717) is 0 Å². The molecule has 1 aliphatic rings. The first-order valence-corrected chi connectivity index (χ1v) is 6.12. The molecule has 2 atom stereocenters. The van der Waals surface area contributed by atoms with E-state index in [2.05, 4.69) is 13.0 Å². The Hall–Kier alpha value is -0.570. The zero-order chi connectivity index (χ0) is 11.6. The van der Waals surface area contributed by atoms with Gasteiger partial charge in [-0.3, -0.25) is 0 Å². The van der Waals surface area contributed by atoms with Gasteiger partial charge in [0.2, 0.25) is 0 Å². The van der Waals surface area contributed by atoms with E-state index in [-0.39, 0.29) is 11.6 Å². The second-order valence-electron chi connectivity index (χ2n) is 4.71. The van der Waals surface area contributed by atoms with Crippen LogP contribution in [0.25, 0.3) is 0 Å². The molecule has 1 saturated heterocycles. The summed E-state index contributed by atoms with van der Waals surface area (Å²) in [6.07, 6.45) is 2.98. The van der Waals surface area contributed by atoms with E-state index in [1.54, 1.807) is 0 Å². The second-order valence-corrected chi connectivity index (χ2v) is 5.14. The van der Waals surface area contributed by atoms with Crippen LogP contribution in [0.5, 0.6) is 0 Å². The summed E-state index contributed by atoms with van der Waals surface area (Å²) in [4.78, 5) is 0. The SMILES string of the molecule is CC1(C(N)Cc2cccc(Cl)c2)CCCO1. The van der Waals surface area contributed by atoms with Crippen molar-refractivity contribution in [2.45, 2.75) is 37.8 Å². The van der Waals surface area contributed by atoms with E-state index in [4.69, 9.17) is 22.1 Å². The summed E-state index contributed by atoms with van der Waals surface area (Å²) in [7, 11) is 0. The summed E-state index contributed by atoms with van der Waals surface area (Å²) in [5.74, 6) is 0. The lowest BCUT2D eigenvalue weighted by Gasteiger charge is -2.30. The molecule has 3 heteroatoms. The van der Waals surface area contributed by atoms with Gasteiger partial charge in [0.25, 0.3) is 0 Å². The lowest BCUT2D eigenvalue weighted by molar-refractivity contribution is -0.000903. The molecule has 2 rings (SSSR count). The van der Waals surface area contributed by atoms with Gasteiger partial charge in [0.1, 0.15) is 0 Å². The maximum Gasteiger partial charge on any atom is 0.0808 e. The summed E-state index contributed by atoms with van der Waals surface area (Å²) in [5, 5.41) is 0.766. The number of hydrogen-bond donors (Lipinski definition) is 1. The Morgan fingerprint density at radius 3 is 3.00 bits per heavy atom. The van der Waals surface area contributed by atoms with Gasteiger partial charge in [-0.15, -0.1) is 0 Å². The maximum absolute atomic E-state index is 6.23. The average molecular weight is 240 g/mol. The Morgan fingerprint density at radius 1 is 1.56 bits per heavy atom. The smallest absolute Gasteiger partial charge is 0.0808 e. The molecule has 0 saturated carbocycles. The molecule has 0 radical (unpaired) electrons. The van der Waals surface area contributed by atoms with Gasteiger partial charge < -0.3 is 10.5 Å². The van der Waals surface area contributed by atoms with Gasteiger partial charge in [0.15, 0.2) is 0 Å². The topological polar surface area (TPSA) is 35.2 Å². The van der Waals surface area contributed by atoms with Gasteiger partial charge in [0, 0.05) is 17.7 Å². The van der Waals surface area contributed by atoms with Gasteiger partial charge in [-0.25, -0.2) is 0 Å². The van der Waals surface area contributed by atoms with Crippen molar-refractivity contribution in [1.29, 1.82) is 0 Å². The predicted molar refractivity (Wildman–Crippen MR) is 66.7 cm³/mol. The summed E-state index contributed by atoms with van der Waals surface area (Å²) < 4.78 is 5.75. The Morgan fingerprint density at radius 2 is 2.38 bits per heavy atom. The molecule has 0 aliphatic carbocycles. The fourth-order valence-corrected chi connectivity index (χ4v) is 2.44. The molecule has 1 heterocycles. The Labute approximate surface area is 102 Å². The second kappa shape index (κ2) is 4.74. The van der Waals surface area contributed by atoms with Crippen molar-refractivity contribution in [3.8, 4) is 0 Å². The number of rotatable bonds is 3. The largest absolute Gasteiger partial charge is 0.374 e. The minimum absolute atomic E-state index is 0.0356. The van der Waals surface area contributed by atoms with Crippen LogP contribution in [0.3, 0.4) is 0 Å². The molecular weight excluding hydrogens is 222 g/mol. The van der Waals surface area contributed by atoms with Gasteiger partial charge >= 0.3 is 0 Å². The van der Waals surface area contributed by atoms with Crippen molar-refractivity contribution in [1.82, 2.24) is 0 Å². The predicted octanol–water partition coefficient (Wildman–Crippen LogP) is 2.78. The Kier molecular flexibility index (Phi) is 3.53. The molecule has 2 N–H and O–H groups in total. The highest BCUT2D eigenvalue weighted by Crippen LogP contribution is 2.29. The van der Waals surface area contributed by atoms with Crippen LogP contribution in [0.4, 0.5) is 0 Å². The van der Waals surface area contributed by atoms with Crippen molar-refractivity contribution >= 4 is 11.6 Å². The summed E-state index contributed by atoms with van der Waals surface area (Å²) >= 11 is 5.95. The number of hydrogen-bond acceptors (Lipinski definition) is 2. The molecule has 0 spiro atoms. The zero-order valence-corrected chi connectivity index (χ0v) is 10.3. The van der Waals surface area contributed by atoms with Crippen molar-refractivity contribution in [2.75, 3.05) is 6.61 Å². The molecule has 1 fully saturated rings. The third kappa shape index (κ3) is 2.57. The standard InChI is InChI=1S/C13H18ClNO/c1-13(6-3-7-16-13)12(15)9-10-4-2-5-11(14)8-10/h2,4-5,8,12H,3,6-7,9,15H2,1H3. The molecule has 2 nitrogen and oxygen atoms in total. The minimum Gasteiger partial charge on any atom is -0.374 e. The molecule has 1 aromatic carbocycles. The van der Waals surface area contributed by atoms with Crippen LogP contribution >= 0.6 is 11.6 Å². The van der Waals surface area contributed by atoms with Crippen LogP contribution in [-0.2, 0) is 11.2 Å². The first kappa shape index (κ1) is 11.9. The van der Waals surface area contributed by atoms with E-state index in [9.17, 15) is 0 Å². The van der Waals surface area contributed by atoms with Gasteiger partial charge in [-0.1, -0.05) is 23.7 Å². The molecule has 2 unspecified atom stereocenters. The summed E-state index contributed by atoms with van der Waals surface area (Å²) in [6, 6.07) is 7.91. The van der Waals surface area contributed by atoms with Crippen molar-refractivity contribution in [3.63, 3.8) is 0 Å². The molecule has 0 bridgehead atoms. The molecule has 1 aliphatic heterocycles. The number of nitrogens with two attached hydrogens (primary N) is 1. The van der Waals surface area contributed by atoms with Crippen LogP contribution in [0.15, 0.2) is 24.3 Å². The van der Waals surface area contributed by atoms with E-state index in [0.717, 1.165) is 30.9 Å². The lowest BCUT2D eigenvalue weighted by atomic mass is 9.89. The van der Waals surface area contributed by atoms with Crippen LogP contribution in [0.1, 0.15) is 25.3 Å². The molecule has 16 heavy (non-hydrogen) atoms. The van der Waals surface area contributed by atoms with E-state index >= 15 is 0 Å². The highest BCUT2D eigenvalue weighted by atomic mass is 35.5. The van der Waals surface area contributed by atoms with Crippen molar-refractivity contribution in [2.24, 2.45) is 5.73 Å². The molecule has 0 aromatic heterocycles. The van der Waals surface area contributed by atoms with E-state index in [1.807, 2.05) is 18.2 Å². The Balaban J connectivity index is 2.04. The highest BCUT2D eigenvalue weighted by molar-refractivity contribution is 6.30. The quantitative estimate of drug-likeness (QED) is 0.881. The molecule has 0 amide bonds. The van der Waals surface area contributed by atoms with Crippen molar-refractivity contribution in [3.05, 3.63) is 34.9 Å². The van der Waals surface area contributed by atoms with E-state index in [1.165, 1.54) is 5.56 Å². The molecule has 88 valence electrons. The van der Waals surface area contributed by atoms with Crippen LogP contribution < -0.4 is 5.73 Å². The number of ether oxygens (including phenoxy) is 1. The minimum atomic E-state index is -0.164. The number of halogens is 1. The summed E-state index contributed by atoms with van der Waals surface area (Å²) in [6.45, 7) is 2.94.